The van der Waals surface area contributed by atoms with Gasteiger partial charge in [-0.3, -0.25) is 0 Å². The molecule has 0 aliphatic carbocycles. The number of aliphatic hydroxyl groups is 1. The van der Waals surface area contributed by atoms with Crippen LogP contribution in [0.2, 0.25) is 0 Å². The highest BCUT2D eigenvalue weighted by Crippen LogP contribution is 2.24. The fourth-order valence-corrected chi connectivity index (χ4v) is 1.93. The summed E-state index contributed by atoms with van der Waals surface area (Å²) in [6, 6.07) is 3.94. The van der Waals surface area contributed by atoms with Crippen LogP contribution < -0.4 is 5.73 Å². The second kappa shape index (κ2) is 5.37. The fourth-order valence-electron chi connectivity index (χ4n) is 1.18. The van der Waals surface area contributed by atoms with E-state index in [1.165, 1.54) is 0 Å². The molecule has 1 rings (SSSR count). The average Bonchev–Trinajstić information content (AvgIpc) is 2.66. The highest BCUT2D eigenvalue weighted by Gasteiger charge is 2.09. The number of hydrogen-bond acceptors (Lipinski definition) is 3. The lowest BCUT2D eigenvalue weighted by Crippen LogP contribution is -2.11. The Bertz CT molecular complexity index is 223. The van der Waals surface area contributed by atoms with E-state index in [0.29, 0.717) is 12.5 Å². The molecule has 2 unspecified atom stereocenters. The number of aliphatic hydroxyl groups excluding tert-OH is 1. The van der Waals surface area contributed by atoms with Gasteiger partial charge in [0, 0.05) is 4.88 Å². The van der Waals surface area contributed by atoms with Crippen molar-refractivity contribution >= 4 is 11.3 Å². The van der Waals surface area contributed by atoms with Crippen molar-refractivity contribution in [1.29, 1.82) is 0 Å². The van der Waals surface area contributed by atoms with E-state index in [2.05, 4.69) is 6.92 Å². The van der Waals surface area contributed by atoms with Crippen molar-refractivity contribution in [2.24, 2.45) is 11.7 Å². The maximum atomic E-state index is 9.72. The van der Waals surface area contributed by atoms with Gasteiger partial charge in [0.15, 0.2) is 0 Å². The smallest absolute Gasteiger partial charge is 0.0882 e. The summed E-state index contributed by atoms with van der Waals surface area (Å²) in [5.74, 6) is 0.509. The van der Waals surface area contributed by atoms with Gasteiger partial charge in [0.1, 0.15) is 0 Å². The Kier molecular flexibility index (Phi) is 4.42. The topological polar surface area (TPSA) is 46.2 Å². The third-order valence-corrected chi connectivity index (χ3v) is 3.18. The van der Waals surface area contributed by atoms with Crippen molar-refractivity contribution in [3.8, 4) is 0 Å². The first-order chi connectivity index (χ1) is 6.24. The van der Waals surface area contributed by atoms with Crippen molar-refractivity contribution in [2.75, 3.05) is 6.54 Å². The first kappa shape index (κ1) is 10.7. The Labute approximate surface area is 83.4 Å². The lowest BCUT2D eigenvalue weighted by atomic mass is 10.0. The molecule has 0 saturated heterocycles. The molecule has 0 aliphatic heterocycles. The van der Waals surface area contributed by atoms with Crippen LogP contribution in [0.5, 0.6) is 0 Å². The van der Waals surface area contributed by atoms with Crippen molar-refractivity contribution in [2.45, 2.75) is 25.9 Å². The van der Waals surface area contributed by atoms with Gasteiger partial charge >= 0.3 is 0 Å². The van der Waals surface area contributed by atoms with Gasteiger partial charge in [-0.1, -0.05) is 13.0 Å². The van der Waals surface area contributed by atoms with Crippen LogP contribution in [0, 0.1) is 5.92 Å². The Balaban J connectivity index is 2.30. The lowest BCUT2D eigenvalue weighted by molar-refractivity contribution is 0.162. The molecule has 2 nitrogen and oxygen atoms in total. The molecule has 1 aromatic rings. The summed E-state index contributed by atoms with van der Waals surface area (Å²) >= 11 is 1.61. The predicted molar refractivity (Wildman–Crippen MR) is 56.7 cm³/mol. The van der Waals surface area contributed by atoms with Gasteiger partial charge in [-0.25, -0.2) is 0 Å². The van der Waals surface area contributed by atoms with E-state index in [-0.39, 0.29) is 6.10 Å². The summed E-state index contributed by atoms with van der Waals surface area (Å²) in [5.41, 5.74) is 5.50. The van der Waals surface area contributed by atoms with Gasteiger partial charge in [0.25, 0.3) is 0 Å². The first-order valence-electron chi connectivity index (χ1n) is 4.65. The molecule has 0 amide bonds. The van der Waals surface area contributed by atoms with Crippen molar-refractivity contribution in [3.05, 3.63) is 22.4 Å². The number of nitrogens with two attached hydrogens (primary N) is 1. The Hall–Kier alpha value is -0.380. The first-order valence-corrected chi connectivity index (χ1v) is 5.53. The van der Waals surface area contributed by atoms with Crippen LogP contribution >= 0.6 is 11.3 Å². The van der Waals surface area contributed by atoms with Crippen LogP contribution in [0.15, 0.2) is 17.5 Å². The van der Waals surface area contributed by atoms with Gasteiger partial charge in [0.2, 0.25) is 0 Å². The summed E-state index contributed by atoms with van der Waals surface area (Å²) in [6.07, 6.45) is 1.52. The van der Waals surface area contributed by atoms with Crippen LogP contribution in [-0.2, 0) is 0 Å². The molecule has 0 saturated carbocycles. The molecule has 0 spiro atoms. The molecule has 1 heterocycles. The predicted octanol–water partition coefficient (Wildman–Crippen LogP) is 2.16. The number of thiophene rings is 1. The van der Waals surface area contributed by atoms with Crippen molar-refractivity contribution in [1.82, 2.24) is 0 Å². The van der Waals surface area contributed by atoms with Crippen LogP contribution in [-0.4, -0.2) is 11.7 Å². The molecule has 3 heteroatoms. The Morgan fingerprint density at radius 3 is 2.85 bits per heavy atom. The third-order valence-electron chi connectivity index (χ3n) is 2.21. The molecule has 0 radical (unpaired) electrons. The standard InChI is InChI=1S/C10H17NOS/c1-8(7-11)4-5-9(12)10-3-2-6-13-10/h2-3,6,8-9,12H,4-5,7,11H2,1H3. The van der Waals surface area contributed by atoms with Gasteiger partial charge in [-0.05, 0) is 36.8 Å². The van der Waals surface area contributed by atoms with Crippen LogP contribution in [0.1, 0.15) is 30.7 Å². The maximum absolute atomic E-state index is 9.72. The van der Waals surface area contributed by atoms with Crippen LogP contribution in [0.4, 0.5) is 0 Å². The monoisotopic (exact) mass is 199 g/mol. The van der Waals surface area contributed by atoms with Gasteiger partial charge in [-0.2, -0.15) is 0 Å². The van der Waals surface area contributed by atoms with Gasteiger partial charge < -0.3 is 10.8 Å². The third kappa shape index (κ3) is 3.46. The second-order valence-corrected chi connectivity index (χ2v) is 4.43. The molecule has 0 aliphatic rings. The zero-order valence-corrected chi connectivity index (χ0v) is 8.76. The zero-order chi connectivity index (χ0) is 9.68. The minimum Gasteiger partial charge on any atom is -0.388 e. The van der Waals surface area contributed by atoms with Crippen molar-refractivity contribution < 1.29 is 5.11 Å². The Morgan fingerprint density at radius 2 is 2.31 bits per heavy atom. The largest absolute Gasteiger partial charge is 0.388 e. The van der Waals surface area contributed by atoms with E-state index in [4.69, 9.17) is 5.73 Å². The van der Waals surface area contributed by atoms with E-state index in [9.17, 15) is 5.11 Å². The molecule has 0 bridgehead atoms. The summed E-state index contributed by atoms with van der Waals surface area (Å²) in [7, 11) is 0. The summed E-state index contributed by atoms with van der Waals surface area (Å²) in [6.45, 7) is 2.82. The number of hydrogen-bond donors (Lipinski definition) is 2. The molecule has 13 heavy (non-hydrogen) atoms. The molecule has 2 atom stereocenters. The molecule has 0 aromatic carbocycles. The normalized spacial score (nSPS) is 15.6. The van der Waals surface area contributed by atoms with Crippen LogP contribution in [0.25, 0.3) is 0 Å². The molecule has 74 valence electrons. The van der Waals surface area contributed by atoms with E-state index in [0.717, 1.165) is 17.7 Å². The Morgan fingerprint density at radius 1 is 1.54 bits per heavy atom. The molecular formula is C10H17NOS. The highest BCUT2D eigenvalue weighted by molar-refractivity contribution is 7.10. The highest BCUT2D eigenvalue weighted by atomic mass is 32.1. The average molecular weight is 199 g/mol. The molecule has 1 aromatic heterocycles. The van der Waals surface area contributed by atoms with E-state index < -0.39 is 0 Å². The lowest BCUT2D eigenvalue weighted by Gasteiger charge is -2.11. The molecule has 0 fully saturated rings. The second-order valence-electron chi connectivity index (χ2n) is 3.45. The summed E-state index contributed by atoms with van der Waals surface area (Å²) in [5, 5.41) is 11.7. The van der Waals surface area contributed by atoms with E-state index in [1.54, 1.807) is 11.3 Å². The van der Waals surface area contributed by atoms with Crippen molar-refractivity contribution in [3.63, 3.8) is 0 Å². The minimum absolute atomic E-state index is 0.297. The number of rotatable bonds is 5. The van der Waals surface area contributed by atoms with Gasteiger partial charge in [0.05, 0.1) is 6.10 Å². The SMILES string of the molecule is CC(CN)CCC(O)c1cccs1. The summed E-state index contributed by atoms with van der Waals surface area (Å²) in [4.78, 5) is 1.06. The van der Waals surface area contributed by atoms with Crippen LogP contribution in [0.3, 0.4) is 0 Å². The zero-order valence-electron chi connectivity index (χ0n) is 7.94. The minimum atomic E-state index is -0.297. The molecule has 3 N–H and O–H groups in total. The van der Waals surface area contributed by atoms with E-state index >= 15 is 0 Å². The van der Waals surface area contributed by atoms with Gasteiger partial charge in [-0.15, -0.1) is 11.3 Å². The summed E-state index contributed by atoms with van der Waals surface area (Å²) < 4.78 is 0. The quantitative estimate of drug-likeness (QED) is 0.763. The fraction of sp³-hybridized carbons (Fsp3) is 0.600. The maximum Gasteiger partial charge on any atom is 0.0882 e. The van der Waals surface area contributed by atoms with E-state index in [1.807, 2.05) is 17.5 Å². The molecular weight excluding hydrogens is 182 g/mol.